The number of hydrogen-bond acceptors (Lipinski definition) is 3. The van der Waals surface area contributed by atoms with Crippen molar-refractivity contribution < 1.29 is 18.0 Å². The number of likely N-dealkylation sites (tertiary alicyclic amines) is 1. The van der Waals surface area contributed by atoms with Gasteiger partial charge >= 0.3 is 6.18 Å². The van der Waals surface area contributed by atoms with Gasteiger partial charge in [0.2, 0.25) is 0 Å². The molecule has 0 spiro atoms. The Balaban J connectivity index is 0.00000261. The van der Waals surface area contributed by atoms with Crippen molar-refractivity contribution in [2.24, 2.45) is 5.92 Å². The average molecular weight is 403 g/mol. The Morgan fingerprint density at radius 3 is 2.78 bits per heavy atom. The highest BCUT2D eigenvalue weighted by molar-refractivity contribution is 5.94. The molecule has 1 amide bonds. The van der Waals surface area contributed by atoms with E-state index < -0.39 is 11.9 Å². The van der Waals surface area contributed by atoms with Crippen molar-refractivity contribution in [3.8, 4) is 5.69 Å². The Kier molecular flexibility index (Phi) is 6.89. The van der Waals surface area contributed by atoms with Crippen LogP contribution < -0.4 is 5.32 Å². The number of alkyl halides is 3. The van der Waals surface area contributed by atoms with Gasteiger partial charge in [0.05, 0.1) is 5.69 Å². The fraction of sp³-hybridized carbons (Fsp3) is 0.444. The molecular weight excluding hydrogens is 381 g/mol. The molecule has 27 heavy (non-hydrogen) atoms. The summed E-state index contributed by atoms with van der Waals surface area (Å²) in [6, 6.07) is 7.47. The summed E-state index contributed by atoms with van der Waals surface area (Å²) in [6.45, 7) is 2.24. The molecule has 1 aromatic heterocycles. The normalized spacial score (nSPS) is 17.5. The summed E-state index contributed by atoms with van der Waals surface area (Å²) in [5.41, 5.74) is -0.0769. The van der Waals surface area contributed by atoms with Gasteiger partial charge in [-0.25, -0.2) is 4.68 Å². The standard InChI is InChI=1S/C18H21F3N4O.ClH/c1-22-11-13-4-3-8-24(12-13)17(26)14-5-2-6-15(10-14)25-9-7-16(23-25)18(19,20)21;/h2,5-7,9-10,13,22H,3-4,8,11-12H2,1H3;1H. The van der Waals surface area contributed by atoms with Gasteiger partial charge in [-0.05, 0) is 56.6 Å². The molecule has 1 aliphatic heterocycles. The highest BCUT2D eigenvalue weighted by Gasteiger charge is 2.33. The Labute approximate surface area is 161 Å². The van der Waals surface area contributed by atoms with Crippen LogP contribution in [0.15, 0.2) is 36.5 Å². The smallest absolute Gasteiger partial charge is 0.338 e. The Hall–Kier alpha value is -2.06. The van der Waals surface area contributed by atoms with Crippen LogP contribution in [0.25, 0.3) is 5.69 Å². The second-order valence-electron chi connectivity index (χ2n) is 6.51. The van der Waals surface area contributed by atoms with Crippen LogP contribution >= 0.6 is 12.4 Å². The number of halogens is 4. The molecule has 1 aliphatic rings. The van der Waals surface area contributed by atoms with E-state index in [-0.39, 0.29) is 18.3 Å². The van der Waals surface area contributed by atoms with Crippen LogP contribution in [0.2, 0.25) is 0 Å². The Morgan fingerprint density at radius 1 is 1.33 bits per heavy atom. The van der Waals surface area contributed by atoms with Crippen LogP contribution in [-0.4, -0.2) is 47.3 Å². The van der Waals surface area contributed by atoms with E-state index >= 15 is 0 Å². The minimum absolute atomic E-state index is 0. The molecule has 0 radical (unpaired) electrons. The third-order valence-electron chi connectivity index (χ3n) is 4.54. The zero-order valence-corrected chi connectivity index (χ0v) is 15.7. The number of aromatic nitrogens is 2. The monoisotopic (exact) mass is 402 g/mol. The van der Waals surface area contributed by atoms with Crippen LogP contribution in [0, 0.1) is 5.92 Å². The van der Waals surface area contributed by atoms with Crippen LogP contribution in [0.4, 0.5) is 13.2 Å². The van der Waals surface area contributed by atoms with Crippen molar-refractivity contribution >= 4 is 18.3 Å². The Bertz CT molecular complexity index is 776. The third kappa shape index (κ3) is 5.01. The summed E-state index contributed by atoms with van der Waals surface area (Å²) in [5, 5.41) is 6.70. The number of nitrogens with one attached hydrogen (secondary N) is 1. The molecule has 1 N–H and O–H groups in total. The van der Waals surface area contributed by atoms with Crippen molar-refractivity contribution in [2.45, 2.75) is 19.0 Å². The fourth-order valence-electron chi connectivity index (χ4n) is 3.29. The van der Waals surface area contributed by atoms with Gasteiger partial charge in [-0.3, -0.25) is 4.79 Å². The molecule has 148 valence electrons. The zero-order chi connectivity index (χ0) is 18.7. The minimum Gasteiger partial charge on any atom is -0.338 e. The lowest BCUT2D eigenvalue weighted by Crippen LogP contribution is -2.42. The number of carbonyl (C=O) groups is 1. The summed E-state index contributed by atoms with van der Waals surface area (Å²) in [7, 11) is 1.89. The molecule has 0 bridgehead atoms. The number of hydrogen-bond donors (Lipinski definition) is 1. The quantitative estimate of drug-likeness (QED) is 0.853. The molecule has 9 heteroatoms. The number of piperidine rings is 1. The number of nitrogens with zero attached hydrogens (tertiary/aromatic N) is 3. The van der Waals surface area contributed by atoms with Gasteiger partial charge in [0.25, 0.3) is 5.91 Å². The first kappa shape index (κ1) is 21.2. The number of carbonyl (C=O) groups excluding carboxylic acids is 1. The van der Waals surface area contributed by atoms with Crippen molar-refractivity contribution in [1.82, 2.24) is 20.0 Å². The van der Waals surface area contributed by atoms with Crippen LogP contribution in [-0.2, 0) is 6.18 Å². The summed E-state index contributed by atoms with van der Waals surface area (Å²) >= 11 is 0. The number of rotatable bonds is 4. The van der Waals surface area contributed by atoms with Crippen molar-refractivity contribution in [3.05, 3.63) is 47.8 Å². The van der Waals surface area contributed by atoms with E-state index in [4.69, 9.17) is 0 Å². The maximum absolute atomic E-state index is 12.8. The topological polar surface area (TPSA) is 50.2 Å². The van der Waals surface area contributed by atoms with E-state index in [0.29, 0.717) is 30.3 Å². The van der Waals surface area contributed by atoms with Crippen LogP contribution in [0.1, 0.15) is 28.9 Å². The molecule has 1 fully saturated rings. The Morgan fingerprint density at radius 2 is 2.11 bits per heavy atom. The number of amides is 1. The van der Waals surface area contributed by atoms with Crippen LogP contribution in [0.5, 0.6) is 0 Å². The van der Waals surface area contributed by atoms with E-state index in [2.05, 4.69) is 10.4 Å². The minimum atomic E-state index is -4.49. The summed E-state index contributed by atoms with van der Waals surface area (Å²) in [5.74, 6) is 0.317. The SMILES string of the molecule is CNCC1CCCN(C(=O)c2cccc(-n3ccc(C(F)(F)F)n3)c2)C1.Cl. The molecular formula is C18H22ClF3N4O. The first-order valence-electron chi connectivity index (χ1n) is 8.55. The van der Waals surface area contributed by atoms with Gasteiger partial charge in [0.1, 0.15) is 0 Å². The fourth-order valence-corrected chi connectivity index (χ4v) is 3.29. The van der Waals surface area contributed by atoms with Gasteiger partial charge in [0.15, 0.2) is 5.69 Å². The lowest BCUT2D eigenvalue weighted by atomic mass is 9.97. The van der Waals surface area contributed by atoms with E-state index in [1.165, 1.54) is 6.20 Å². The second-order valence-corrected chi connectivity index (χ2v) is 6.51. The lowest BCUT2D eigenvalue weighted by Gasteiger charge is -2.32. The van der Waals surface area contributed by atoms with Gasteiger partial charge in [0, 0.05) is 24.8 Å². The molecule has 1 aromatic carbocycles. The maximum Gasteiger partial charge on any atom is 0.435 e. The molecule has 5 nitrogen and oxygen atoms in total. The number of benzene rings is 1. The first-order chi connectivity index (χ1) is 12.4. The van der Waals surface area contributed by atoms with E-state index in [9.17, 15) is 18.0 Å². The lowest BCUT2D eigenvalue weighted by molar-refractivity contribution is -0.141. The predicted octanol–water partition coefficient (Wildman–Crippen LogP) is 3.38. The van der Waals surface area contributed by atoms with Gasteiger partial charge < -0.3 is 10.2 Å². The molecule has 3 rings (SSSR count). The molecule has 1 saturated heterocycles. The van der Waals surface area contributed by atoms with E-state index in [1.54, 1.807) is 24.3 Å². The van der Waals surface area contributed by atoms with Gasteiger partial charge in [-0.1, -0.05) is 6.07 Å². The van der Waals surface area contributed by atoms with Crippen molar-refractivity contribution in [2.75, 3.05) is 26.7 Å². The van der Waals surface area contributed by atoms with Gasteiger partial charge in [-0.2, -0.15) is 18.3 Å². The molecule has 2 aromatic rings. The molecule has 2 heterocycles. The largest absolute Gasteiger partial charge is 0.435 e. The second kappa shape index (κ2) is 8.75. The van der Waals surface area contributed by atoms with Gasteiger partial charge in [-0.15, -0.1) is 12.4 Å². The first-order valence-corrected chi connectivity index (χ1v) is 8.55. The van der Waals surface area contributed by atoms with E-state index in [0.717, 1.165) is 30.1 Å². The highest BCUT2D eigenvalue weighted by Crippen LogP contribution is 2.28. The predicted molar refractivity (Wildman–Crippen MR) is 98.4 cm³/mol. The summed E-state index contributed by atoms with van der Waals surface area (Å²) in [6.07, 6.45) is -1.21. The molecule has 0 aliphatic carbocycles. The highest BCUT2D eigenvalue weighted by atomic mass is 35.5. The maximum atomic E-state index is 12.8. The van der Waals surface area contributed by atoms with Crippen molar-refractivity contribution in [1.29, 1.82) is 0 Å². The van der Waals surface area contributed by atoms with E-state index in [1.807, 2.05) is 11.9 Å². The molecule has 1 atom stereocenters. The third-order valence-corrected chi connectivity index (χ3v) is 4.54. The summed E-state index contributed by atoms with van der Waals surface area (Å²) in [4.78, 5) is 14.6. The zero-order valence-electron chi connectivity index (χ0n) is 14.9. The summed E-state index contributed by atoms with van der Waals surface area (Å²) < 4.78 is 39.3. The van der Waals surface area contributed by atoms with Crippen molar-refractivity contribution in [3.63, 3.8) is 0 Å². The average Bonchev–Trinajstić information content (AvgIpc) is 3.12. The molecule has 1 unspecified atom stereocenters. The molecule has 0 saturated carbocycles. The van der Waals surface area contributed by atoms with Crippen LogP contribution in [0.3, 0.4) is 0 Å².